The Balaban J connectivity index is 2.11. The predicted octanol–water partition coefficient (Wildman–Crippen LogP) is 1.80. The zero-order valence-electron chi connectivity index (χ0n) is 9.11. The van der Waals surface area contributed by atoms with Crippen LogP contribution in [0.1, 0.15) is 5.82 Å². The van der Waals surface area contributed by atoms with Crippen LogP contribution in [0.2, 0.25) is 5.02 Å². The molecule has 1 aromatic carbocycles. The normalized spacial score (nSPS) is 10.5. The molecule has 2 aromatic rings. The molecule has 0 aliphatic carbocycles. The van der Waals surface area contributed by atoms with Gasteiger partial charge in [-0.3, -0.25) is 4.68 Å². The molecule has 5 nitrogen and oxygen atoms in total. The van der Waals surface area contributed by atoms with E-state index >= 15 is 0 Å². The van der Waals surface area contributed by atoms with Crippen LogP contribution < -0.4 is 11.1 Å². The monoisotopic (exact) mass is 255 g/mol. The first-order chi connectivity index (χ1) is 8.06. The van der Waals surface area contributed by atoms with Crippen LogP contribution in [-0.2, 0) is 13.6 Å². The molecule has 0 unspecified atom stereocenters. The number of nitrogens with one attached hydrogen (secondary N) is 1. The number of nitrogens with two attached hydrogens (primary N) is 1. The number of aryl methyl sites for hydroxylation is 1. The first kappa shape index (κ1) is 11.7. The molecule has 0 aliphatic rings. The highest BCUT2D eigenvalue weighted by atomic mass is 35.5. The molecule has 17 heavy (non-hydrogen) atoms. The Morgan fingerprint density at radius 2 is 2.29 bits per heavy atom. The van der Waals surface area contributed by atoms with E-state index in [0.717, 1.165) is 0 Å². The van der Waals surface area contributed by atoms with Crippen molar-refractivity contribution >= 4 is 23.0 Å². The molecule has 0 aliphatic heterocycles. The van der Waals surface area contributed by atoms with Gasteiger partial charge in [-0.1, -0.05) is 11.6 Å². The largest absolute Gasteiger partial charge is 0.397 e. The Morgan fingerprint density at radius 3 is 2.94 bits per heavy atom. The summed E-state index contributed by atoms with van der Waals surface area (Å²) < 4.78 is 14.8. The molecule has 7 heteroatoms. The van der Waals surface area contributed by atoms with Crippen molar-refractivity contribution < 1.29 is 4.39 Å². The summed E-state index contributed by atoms with van der Waals surface area (Å²) >= 11 is 5.60. The van der Waals surface area contributed by atoms with Gasteiger partial charge in [0, 0.05) is 13.1 Å². The van der Waals surface area contributed by atoms with Gasteiger partial charge in [-0.15, -0.1) is 0 Å². The molecule has 0 spiro atoms. The van der Waals surface area contributed by atoms with Gasteiger partial charge in [0.15, 0.2) is 5.82 Å². The number of anilines is 2. The summed E-state index contributed by atoms with van der Waals surface area (Å²) in [6.45, 7) is 0.367. The fourth-order valence-electron chi connectivity index (χ4n) is 1.35. The van der Waals surface area contributed by atoms with E-state index in [4.69, 9.17) is 17.3 Å². The van der Waals surface area contributed by atoms with Gasteiger partial charge in [-0.05, 0) is 6.07 Å². The third-order valence-corrected chi connectivity index (χ3v) is 2.47. The van der Waals surface area contributed by atoms with Gasteiger partial charge in [0.05, 0.1) is 22.9 Å². The van der Waals surface area contributed by atoms with E-state index < -0.39 is 5.82 Å². The van der Waals surface area contributed by atoms with Gasteiger partial charge in [-0.2, -0.15) is 5.10 Å². The summed E-state index contributed by atoms with van der Waals surface area (Å²) in [5.74, 6) is 0.0830. The van der Waals surface area contributed by atoms with Crippen LogP contribution in [0.25, 0.3) is 0 Å². The van der Waals surface area contributed by atoms with Crippen molar-refractivity contribution in [1.82, 2.24) is 14.8 Å². The standard InChI is InChI=1S/C10H11ClFN5/c1-17-5-15-10(16-17)4-14-9-3-7(12)6(11)2-8(9)13/h2-3,5,14H,4,13H2,1H3. The summed E-state index contributed by atoms with van der Waals surface area (Å²) in [6.07, 6.45) is 1.59. The SMILES string of the molecule is Cn1cnc(CNc2cc(F)c(Cl)cc2N)n1. The topological polar surface area (TPSA) is 68.8 Å². The van der Waals surface area contributed by atoms with E-state index in [2.05, 4.69) is 15.4 Å². The molecular weight excluding hydrogens is 245 g/mol. The van der Waals surface area contributed by atoms with E-state index in [1.807, 2.05) is 0 Å². The van der Waals surface area contributed by atoms with Gasteiger partial charge >= 0.3 is 0 Å². The van der Waals surface area contributed by atoms with Gasteiger partial charge in [0.1, 0.15) is 12.1 Å². The summed E-state index contributed by atoms with van der Waals surface area (Å²) in [6, 6.07) is 2.62. The number of halogens is 2. The summed E-state index contributed by atoms with van der Waals surface area (Å²) in [4.78, 5) is 4.03. The Hall–Kier alpha value is -1.82. The van der Waals surface area contributed by atoms with Crippen LogP contribution in [0.4, 0.5) is 15.8 Å². The highest BCUT2D eigenvalue weighted by Crippen LogP contribution is 2.26. The highest BCUT2D eigenvalue weighted by Gasteiger charge is 2.07. The maximum absolute atomic E-state index is 13.2. The van der Waals surface area contributed by atoms with Crippen molar-refractivity contribution in [3.8, 4) is 0 Å². The second kappa shape index (κ2) is 4.58. The molecule has 2 rings (SSSR count). The number of hydrogen-bond donors (Lipinski definition) is 2. The third-order valence-electron chi connectivity index (χ3n) is 2.18. The van der Waals surface area contributed by atoms with Crippen LogP contribution in [0.15, 0.2) is 18.5 Å². The molecule has 0 bridgehead atoms. The molecular formula is C10H11ClFN5. The second-order valence-electron chi connectivity index (χ2n) is 3.54. The lowest BCUT2D eigenvalue weighted by molar-refractivity contribution is 0.629. The molecule has 1 heterocycles. The molecule has 0 amide bonds. The average molecular weight is 256 g/mol. The maximum Gasteiger partial charge on any atom is 0.169 e. The van der Waals surface area contributed by atoms with E-state index in [-0.39, 0.29) is 5.02 Å². The molecule has 0 saturated heterocycles. The van der Waals surface area contributed by atoms with Gasteiger partial charge in [0.25, 0.3) is 0 Å². The van der Waals surface area contributed by atoms with E-state index in [1.54, 1.807) is 18.1 Å². The van der Waals surface area contributed by atoms with Crippen molar-refractivity contribution in [2.75, 3.05) is 11.1 Å². The Morgan fingerprint density at radius 1 is 1.53 bits per heavy atom. The first-order valence-electron chi connectivity index (χ1n) is 4.89. The van der Waals surface area contributed by atoms with Gasteiger partial charge in [-0.25, -0.2) is 9.37 Å². The Kier molecular flexibility index (Phi) is 3.14. The fraction of sp³-hybridized carbons (Fsp3) is 0.200. The maximum atomic E-state index is 13.2. The van der Waals surface area contributed by atoms with Crippen molar-refractivity contribution in [3.63, 3.8) is 0 Å². The molecule has 0 radical (unpaired) electrons. The number of hydrogen-bond acceptors (Lipinski definition) is 4. The van der Waals surface area contributed by atoms with E-state index in [9.17, 15) is 4.39 Å². The first-order valence-corrected chi connectivity index (χ1v) is 5.27. The van der Waals surface area contributed by atoms with Crippen LogP contribution >= 0.6 is 11.6 Å². The summed E-state index contributed by atoms with van der Waals surface area (Å²) in [5, 5.41) is 7.03. The lowest BCUT2D eigenvalue weighted by Gasteiger charge is -2.08. The predicted molar refractivity (Wildman–Crippen MR) is 64.2 cm³/mol. The van der Waals surface area contributed by atoms with Crippen molar-refractivity contribution in [1.29, 1.82) is 0 Å². The number of nitrogen functional groups attached to an aromatic ring is 1. The van der Waals surface area contributed by atoms with Crippen LogP contribution in [-0.4, -0.2) is 14.8 Å². The quantitative estimate of drug-likeness (QED) is 0.821. The minimum atomic E-state index is -0.516. The van der Waals surface area contributed by atoms with Crippen LogP contribution in [0.5, 0.6) is 0 Å². The Bertz CT molecular complexity index is 539. The number of benzene rings is 1. The lowest BCUT2D eigenvalue weighted by Crippen LogP contribution is -2.05. The number of rotatable bonds is 3. The molecule has 3 N–H and O–H groups in total. The van der Waals surface area contributed by atoms with Gasteiger partial charge in [0.2, 0.25) is 0 Å². The second-order valence-corrected chi connectivity index (χ2v) is 3.95. The lowest BCUT2D eigenvalue weighted by atomic mass is 10.2. The molecule has 0 fully saturated rings. The van der Waals surface area contributed by atoms with Crippen LogP contribution in [0.3, 0.4) is 0 Å². The smallest absolute Gasteiger partial charge is 0.169 e. The van der Waals surface area contributed by atoms with E-state index in [0.29, 0.717) is 23.7 Å². The zero-order chi connectivity index (χ0) is 12.4. The minimum Gasteiger partial charge on any atom is -0.397 e. The average Bonchev–Trinajstić information content (AvgIpc) is 2.68. The summed E-state index contributed by atoms with van der Waals surface area (Å²) in [7, 11) is 1.77. The van der Waals surface area contributed by atoms with E-state index in [1.165, 1.54) is 12.1 Å². The van der Waals surface area contributed by atoms with Crippen LogP contribution in [0, 0.1) is 5.82 Å². The Labute approximate surface area is 102 Å². The van der Waals surface area contributed by atoms with Crippen molar-refractivity contribution in [3.05, 3.63) is 35.1 Å². The number of aromatic nitrogens is 3. The molecule has 0 atom stereocenters. The minimum absolute atomic E-state index is 0.00371. The summed E-state index contributed by atoms with van der Waals surface area (Å²) in [5.41, 5.74) is 6.55. The van der Waals surface area contributed by atoms with Crippen molar-refractivity contribution in [2.24, 2.45) is 7.05 Å². The zero-order valence-corrected chi connectivity index (χ0v) is 9.87. The van der Waals surface area contributed by atoms with Gasteiger partial charge < -0.3 is 11.1 Å². The highest BCUT2D eigenvalue weighted by molar-refractivity contribution is 6.31. The van der Waals surface area contributed by atoms with Crippen molar-refractivity contribution in [2.45, 2.75) is 6.54 Å². The molecule has 1 aromatic heterocycles. The molecule has 0 saturated carbocycles. The third kappa shape index (κ3) is 2.65. The fourth-order valence-corrected chi connectivity index (χ4v) is 1.53. The number of nitrogens with zero attached hydrogens (tertiary/aromatic N) is 3. The molecule has 90 valence electrons.